The van der Waals surface area contributed by atoms with Crippen LogP contribution in [0.2, 0.25) is 0 Å². The van der Waals surface area contributed by atoms with Gasteiger partial charge in [-0.3, -0.25) is 0 Å². The van der Waals surface area contributed by atoms with Crippen molar-refractivity contribution in [3.63, 3.8) is 0 Å². The van der Waals surface area contributed by atoms with Crippen LogP contribution in [-0.2, 0) is 11.3 Å². The lowest BCUT2D eigenvalue weighted by Gasteiger charge is -2.15. The van der Waals surface area contributed by atoms with Gasteiger partial charge in [0.2, 0.25) is 0 Å². The first-order chi connectivity index (χ1) is 16.3. The fourth-order valence-electron chi connectivity index (χ4n) is 4.22. The predicted octanol–water partition coefficient (Wildman–Crippen LogP) is 4.50. The number of benzene rings is 2. The number of aromatic nitrogens is 3. The Balaban J connectivity index is 1.54. The average Bonchev–Trinajstić information content (AvgIpc) is 3.48. The predicted molar refractivity (Wildman–Crippen MR) is 129 cm³/mol. The maximum absolute atomic E-state index is 9.29. The first-order valence-corrected chi connectivity index (χ1v) is 11.3. The molecule has 6 heteroatoms. The van der Waals surface area contributed by atoms with Gasteiger partial charge in [0, 0.05) is 24.9 Å². The minimum atomic E-state index is -0.131. The van der Waals surface area contributed by atoms with Crippen molar-refractivity contribution in [2.75, 3.05) is 11.9 Å². The molecule has 3 heterocycles. The molecular formula is C27H26N4O2. The van der Waals surface area contributed by atoms with Crippen molar-refractivity contribution >= 4 is 16.9 Å². The zero-order valence-electron chi connectivity index (χ0n) is 18.3. The number of nitrogens with one attached hydrogen (secondary N) is 1. The van der Waals surface area contributed by atoms with Crippen LogP contribution in [0.1, 0.15) is 42.2 Å². The monoisotopic (exact) mass is 438 g/mol. The fraction of sp³-hybridized carbons (Fsp3) is 0.259. The highest BCUT2D eigenvalue weighted by atomic mass is 16.5. The molecule has 0 amide bonds. The van der Waals surface area contributed by atoms with Crippen LogP contribution in [0.5, 0.6) is 0 Å². The Hall–Kier alpha value is -3.66. The van der Waals surface area contributed by atoms with Crippen LogP contribution in [0.4, 0.5) is 5.82 Å². The topological polar surface area (TPSA) is 72.2 Å². The Morgan fingerprint density at radius 3 is 2.58 bits per heavy atom. The van der Waals surface area contributed by atoms with Gasteiger partial charge < -0.3 is 19.7 Å². The van der Waals surface area contributed by atoms with Crippen LogP contribution in [0.25, 0.3) is 11.0 Å². The standard InChI is InChI=1S/C27H26N4O2/c32-16-15-23-13-14-24(33-23)31-18-22(12-11-20-7-3-1-4-8-20)25-26(29-19-30-27(25)31)28-17-21-9-5-2-6-10-21/h1-10,18-19,23-24,32H,13-17H2,(H,28,29,30). The summed E-state index contributed by atoms with van der Waals surface area (Å²) in [5.41, 5.74) is 3.78. The lowest BCUT2D eigenvalue weighted by Crippen LogP contribution is -2.12. The third-order valence-electron chi connectivity index (χ3n) is 5.87. The van der Waals surface area contributed by atoms with E-state index in [1.165, 1.54) is 5.56 Å². The molecule has 0 spiro atoms. The molecule has 2 N–H and O–H groups in total. The molecule has 0 aliphatic carbocycles. The second kappa shape index (κ2) is 9.86. The molecule has 4 aromatic rings. The van der Waals surface area contributed by atoms with E-state index in [4.69, 9.17) is 4.74 Å². The average molecular weight is 439 g/mol. The lowest BCUT2D eigenvalue weighted by atomic mass is 10.2. The van der Waals surface area contributed by atoms with Crippen LogP contribution < -0.4 is 5.32 Å². The normalized spacial score (nSPS) is 17.6. The van der Waals surface area contributed by atoms with Gasteiger partial charge in [-0.15, -0.1) is 0 Å². The number of fused-ring (bicyclic) bond motifs is 1. The molecule has 33 heavy (non-hydrogen) atoms. The molecule has 5 rings (SSSR count). The van der Waals surface area contributed by atoms with Crippen molar-refractivity contribution in [2.45, 2.75) is 38.1 Å². The summed E-state index contributed by atoms with van der Waals surface area (Å²) in [6, 6.07) is 20.2. The van der Waals surface area contributed by atoms with E-state index in [0.717, 1.165) is 40.8 Å². The minimum Gasteiger partial charge on any atom is -0.396 e. The molecule has 0 radical (unpaired) electrons. The number of hydrogen-bond acceptors (Lipinski definition) is 5. The van der Waals surface area contributed by atoms with Crippen molar-refractivity contribution in [1.29, 1.82) is 0 Å². The number of aliphatic hydroxyl groups is 1. The molecule has 166 valence electrons. The maximum Gasteiger partial charge on any atom is 0.148 e. The Bertz CT molecular complexity index is 1280. The van der Waals surface area contributed by atoms with Crippen LogP contribution in [-0.4, -0.2) is 32.4 Å². The van der Waals surface area contributed by atoms with Gasteiger partial charge in [0.25, 0.3) is 0 Å². The quantitative estimate of drug-likeness (QED) is 0.434. The van der Waals surface area contributed by atoms with Crippen LogP contribution in [0.3, 0.4) is 0 Å². The number of aliphatic hydroxyl groups excluding tert-OH is 1. The van der Waals surface area contributed by atoms with Crippen molar-refractivity contribution in [3.8, 4) is 11.8 Å². The van der Waals surface area contributed by atoms with Gasteiger partial charge in [0.15, 0.2) is 0 Å². The van der Waals surface area contributed by atoms with Gasteiger partial charge in [-0.05, 0) is 37.0 Å². The molecule has 0 bridgehead atoms. The SMILES string of the molecule is OCCC1CCC(n2cc(C#Cc3ccccc3)c3c(NCc4ccccc4)ncnc32)O1. The Morgan fingerprint density at radius 2 is 1.79 bits per heavy atom. The summed E-state index contributed by atoms with van der Waals surface area (Å²) in [5.74, 6) is 7.36. The van der Waals surface area contributed by atoms with Crippen molar-refractivity contribution in [2.24, 2.45) is 0 Å². The summed E-state index contributed by atoms with van der Waals surface area (Å²) in [4.78, 5) is 9.15. The van der Waals surface area contributed by atoms with Gasteiger partial charge in [0.05, 0.1) is 17.1 Å². The largest absolute Gasteiger partial charge is 0.396 e. The molecule has 2 unspecified atom stereocenters. The van der Waals surface area contributed by atoms with Gasteiger partial charge in [-0.25, -0.2) is 9.97 Å². The van der Waals surface area contributed by atoms with E-state index in [0.29, 0.717) is 13.0 Å². The van der Waals surface area contributed by atoms with Crippen LogP contribution >= 0.6 is 0 Å². The molecule has 2 aromatic carbocycles. The third-order valence-corrected chi connectivity index (χ3v) is 5.87. The first kappa shape index (κ1) is 21.2. The van der Waals surface area contributed by atoms with Gasteiger partial charge in [-0.2, -0.15) is 0 Å². The molecule has 1 saturated heterocycles. The lowest BCUT2D eigenvalue weighted by molar-refractivity contribution is -0.00549. The van der Waals surface area contributed by atoms with Crippen molar-refractivity contribution in [3.05, 3.63) is 89.9 Å². The molecular weight excluding hydrogens is 412 g/mol. The van der Waals surface area contributed by atoms with E-state index in [9.17, 15) is 5.11 Å². The highest BCUT2D eigenvalue weighted by molar-refractivity contribution is 5.93. The molecule has 1 aliphatic rings. The Morgan fingerprint density at radius 1 is 1.00 bits per heavy atom. The molecule has 6 nitrogen and oxygen atoms in total. The second-order valence-corrected chi connectivity index (χ2v) is 8.13. The molecule has 0 saturated carbocycles. The minimum absolute atomic E-state index is 0.0637. The zero-order valence-corrected chi connectivity index (χ0v) is 18.3. The number of ether oxygens (including phenoxy) is 1. The van der Waals surface area contributed by atoms with Crippen LogP contribution in [0, 0.1) is 11.8 Å². The van der Waals surface area contributed by atoms with Crippen LogP contribution in [0.15, 0.2) is 73.2 Å². The Labute approximate surface area is 193 Å². The fourth-order valence-corrected chi connectivity index (χ4v) is 4.22. The van der Waals surface area contributed by atoms with Gasteiger partial charge in [-0.1, -0.05) is 60.4 Å². The van der Waals surface area contributed by atoms with Gasteiger partial charge >= 0.3 is 0 Å². The maximum atomic E-state index is 9.29. The number of nitrogens with zero attached hydrogens (tertiary/aromatic N) is 3. The van der Waals surface area contributed by atoms with E-state index in [-0.39, 0.29) is 18.9 Å². The molecule has 2 aromatic heterocycles. The smallest absolute Gasteiger partial charge is 0.148 e. The Kier molecular flexibility index (Phi) is 6.34. The van der Waals surface area contributed by atoms with E-state index >= 15 is 0 Å². The first-order valence-electron chi connectivity index (χ1n) is 11.3. The summed E-state index contributed by atoms with van der Waals surface area (Å²) in [7, 11) is 0. The van der Waals surface area contributed by atoms with E-state index in [2.05, 4.69) is 43.8 Å². The number of rotatable bonds is 6. The summed E-state index contributed by atoms with van der Waals surface area (Å²) in [6.07, 6.45) is 5.98. The molecule has 1 fully saturated rings. The number of anilines is 1. The summed E-state index contributed by atoms with van der Waals surface area (Å²) in [6.45, 7) is 0.787. The molecule has 1 aliphatic heterocycles. The molecule has 2 atom stereocenters. The highest BCUT2D eigenvalue weighted by Gasteiger charge is 2.28. The summed E-state index contributed by atoms with van der Waals surface area (Å²) >= 11 is 0. The summed E-state index contributed by atoms with van der Waals surface area (Å²) < 4.78 is 8.28. The summed E-state index contributed by atoms with van der Waals surface area (Å²) in [5, 5.41) is 13.7. The van der Waals surface area contributed by atoms with E-state index < -0.39 is 0 Å². The van der Waals surface area contributed by atoms with E-state index in [1.807, 2.05) is 54.7 Å². The zero-order chi connectivity index (χ0) is 22.5. The van der Waals surface area contributed by atoms with E-state index in [1.54, 1.807) is 6.33 Å². The second-order valence-electron chi connectivity index (χ2n) is 8.13. The highest BCUT2D eigenvalue weighted by Crippen LogP contribution is 2.35. The van der Waals surface area contributed by atoms with Crippen molar-refractivity contribution in [1.82, 2.24) is 14.5 Å². The number of hydrogen-bond donors (Lipinski definition) is 2. The van der Waals surface area contributed by atoms with Gasteiger partial charge in [0.1, 0.15) is 24.0 Å². The van der Waals surface area contributed by atoms with Crippen molar-refractivity contribution < 1.29 is 9.84 Å². The third kappa shape index (κ3) is 4.75.